The predicted octanol–water partition coefficient (Wildman–Crippen LogP) is 3.93. The Morgan fingerprint density at radius 2 is 2.00 bits per heavy atom. The first kappa shape index (κ1) is 17.5. The third-order valence-electron chi connectivity index (χ3n) is 4.42. The van der Waals surface area contributed by atoms with Crippen molar-refractivity contribution in [3.05, 3.63) is 41.6 Å². The Kier molecular flexibility index (Phi) is 4.84. The van der Waals surface area contributed by atoms with Gasteiger partial charge in [-0.3, -0.25) is 9.69 Å². The Morgan fingerprint density at radius 3 is 2.68 bits per heavy atom. The minimum absolute atomic E-state index is 0.0855. The third kappa shape index (κ3) is 4.03. The second-order valence-corrected chi connectivity index (χ2v) is 7.65. The molecule has 134 valence electrons. The van der Waals surface area contributed by atoms with Crippen LogP contribution in [0.2, 0.25) is 0 Å². The fourth-order valence-corrected chi connectivity index (χ4v) is 3.37. The highest BCUT2D eigenvalue weighted by Gasteiger charge is 2.36. The van der Waals surface area contributed by atoms with Gasteiger partial charge in [-0.2, -0.15) is 0 Å². The second kappa shape index (κ2) is 6.90. The molecule has 5 heteroatoms. The molecule has 1 aromatic rings. The summed E-state index contributed by atoms with van der Waals surface area (Å²) in [6, 6.07) is 7.30. The van der Waals surface area contributed by atoms with E-state index in [1.54, 1.807) is 4.90 Å². The fourth-order valence-electron chi connectivity index (χ4n) is 3.37. The standard InChI is InChI=1S/C20H26N2O3/c1-20(2,3)25-19(24)21-16-13-14-9-7-8-12-17(14)22(18(16)23)15-10-5-4-6-11-15/h7-10,12,16H,4-6,11,13H2,1-3H3,(H,21,24). The number of fused-ring (bicyclic) bond motifs is 1. The average Bonchev–Trinajstić information content (AvgIpc) is 2.55. The van der Waals surface area contributed by atoms with Crippen LogP contribution in [0.3, 0.4) is 0 Å². The van der Waals surface area contributed by atoms with Crippen LogP contribution in [0.25, 0.3) is 0 Å². The van der Waals surface area contributed by atoms with Crippen molar-refractivity contribution in [3.8, 4) is 0 Å². The number of carbonyl (C=O) groups is 2. The van der Waals surface area contributed by atoms with Crippen LogP contribution in [-0.2, 0) is 16.0 Å². The highest BCUT2D eigenvalue weighted by molar-refractivity contribution is 6.04. The Hall–Kier alpha value is -2.30. The molecule has 0 saturated heterocycles. The van der Waals surface area contributed by atoms with Crippen molar-refractivity contribution >= 4 is 17.7 Å². The molecule has 5 nitrogen and oxygen atoms in total. The minimum Gasteiger partial charge on any atom is -0.444 e. The summed E-state index contributed by atoms with van der Waals surface area (Å²) in [4.78, 5) is 27.0. The van der Waals surface area contributed by atoms with Gasteiger partial charge < -0.3 is 10.1 Å². The quantitative estimate of drug-likeness (QED) is 0.886. The van der Waals surface area contributed by atoms with Gasteiger partial charge in [0.2, 0.25) is 0 Å². The highest BCUT2D eigenvalue weighted by Crippen LogP contribution is 2.34. The summed E-state index contributed by atoms with van der Waals surface area (Å²) in [5.41, 5.74) is 2.45. The fraction of sp³-hybridized carbons (Fsp3) is 0.500. The maximum atomic E-state index is 13.1. The number of benzene rings is 1. The van der Waals surface area contributed by atoms with Crippen molar-refractivity contribution in [2.75, 3.05) is 4.90 Å². The van der Waals surface area contributed by atoms with Crippen LogP contribution < -0.4 is 10.2 Å². The molecule has 1 atom stereocenters. The van der Waals surface area contributed by atoms with E-state index in [2.05, 4.69) is 11.4 Å². The number of nitrogens with zero attached hydrogens (tertiary/aromatic N) is 1. The van der Waals surface area contributed by atoms with E-state index in [9.17, 15) is 9.59 Å². The van der Waals surface area contributed by atoms with E-state index >= 15 is 0 Å². The van der Waals surface area contributed by atoms with Crippen molar-refractivity contribution in [1.29, 1.82) is 0 Å². The number of hydrogen-bond donors (Lipinski definition) is 1. The van der Waals surface area contributed by atoms with Crippen LogP contribution in [0.5, 0.6) is 0 Å². The lowest BCUT2D eigenvalue weighted by atomic mass is 9.94. The number of rotatable bonds is 2. The maximum absolute atomic E-state index is 13.1. The number of alkyl carbamates (subject to hydrolysis) is 1. The van der Waals surface area contributed by atoms with E-state index in [0.29, 0.717) is 6.42 Å². The van der Waals surface area contributed by atoms with Crippen LogP contribution in [0, 0.1) is 0 Å². The molecule has 0 fully saturated rings. The van der Waals surface area contributed by atoms with Gasteiger partial charge in [0.15, 0.2) is 0 Å². The van der Waals surface area contributed by atoms with Gasteiger partial charge in [-0.05, 0) is 58.1 Å². The number of nitrogens with one attached hydrogen (secondary N) is 1. The lowest BCUT2D eigenvalue weighted by Gasteiger charge is -2.37. The first-order valence-corrected chi connectivity index (χ1v) is 8.95. The zero-order valence-corrected chi connectivity index (χ0v) is 15.2. The first-order chi connectivity index (χ1) is 11.8. The van der Waals surface area contributed by atoms with Gasteiger partial charge >= 0.3 is 6.09 Å². The van der Waals surface area contributed by atoms with E-state index < -0.39 is 17.7 Å². The van der Waals surface area contributed by atoms with E-state index in [1.807, 2.05) is 45.0 Å². The van der Waals surface area contributed by atoms with Gasteiger partial charge in [0, 0.05) is 12.1 Å². The monoisotopic (exact) mass is 342 g/mol. The molecule has 0 spiro atoms. The summed E-state index contributed by atoms with van der Waals surface area (Å²) >= 11 is 0. The Bertz CT molecular complexity index is 703. The summed E-state index contributed by atoms with van der Waals surface area (Å²) in [6.45, 7) is 5.43. The summed E-state index contributed by atoms with van der Waals surface area (Å²) in [5.74, 6) is -0.0855. The first-order valence-electron chi connectivity index (χ1n) is 8.95. The molecule has 1 N–H and O–H groups in total. The van der Waals surface area contributed by atoms with Crippen LogP contribution in [-0.4, -0.2) is 23.6 Å². The Balaban J connectivity index is 1.87. The summed E-state index contributed by atoms with van der Waals surface area (Å²) < 4.78 is 5.32. The van der Waals surface area contributed by atoms with Gasteiger partial charge in [-0.1, -0.05) is 24.3 Å². The zero-order valence-electron chi connectivity index (χ0n) is 15.2. The normalized spacial score (nSPS) is 20.6. The highest BCUT2D eigenvalue weighted by atomic mass is 16.6. The molecule has 1 heterocycles. The van der Waals surface area contributed by atoms with Gasteiger partial charge in [0.25, 0.3) is 5.91 Å². The summed E-state index contributed by atoms with van der Waals surface area (Å²) in [6.07, 6.45) is 6.20. The zero-order chi connectivity index (χ0) is 18.0. The molecule has 2 aliphatic rings. The molecule has 0 aromatic heterocycles. The average molecular weight is 342 g/mol. The molecule has 25 heavy (non-hydrogen) atoms. The van der Waals surface area contributed by atoms with Crippen molar-refractivity contribution in [1.82, 2.24) is 5.32 Å². The van der Waals surface area contributed by atoms with Crippen molar-refractivity contribution in [2.24, 2.45) is 0 Å². The van der Waals surface area contributed by atoms with Gasteiger partial charge in [-0.25, -0.2) is 4.79 Å². The van der Waals surface area contributed by atoms with Gasteiger partial charge in [0.1, 0.15) is 11.6 Å². The predicted molar refractivity (Wildman–Crippen MR) is 97.3 cm³/mol. The van der Waals surface area contributed by atoms with Gasteiger partial charge in [0.05, 0.1) is 5.69 Å². The molecule has 0 radical (unpaired) electrons. The lowest BCUT2D eigenvalue weighted by Crippen LogP contribution is -2.53. The maximum Gasteiger partial charge on any atom is 0.408 e. The van der Waals surface area contributed by atoms with Crippen molar-refractivity contribution in [3.63, 3.8) is 0 Å². The van der Waals surface area contributed by atoms with Crippen LogP contribution in [0.1, 0.15) is 52.0 Å². The summed E-state index contributed by atoms with van der Waals surface area (Å²) in [5, 5.41) is 2.76. The second-order valence-electron chi connectivity index (χ2n) is 7.65. The smallest absolute Gasteiger partial charge is 0.408 e. The number of anilines is 1. The topological polar surface area (TPSA) is 58.6 Å². The number of amides is 2. The molecular formula is C20H26N2O3. The largest absolute Gasteiger partial charge is 0.444 e. The van der Waals surface area contributed by atoms with E-state index in [-0.39, 0.29) is 5.91 Å². The molecular weight excluding hydrogens is 316 g/mol. The molecule has 0 saturated carbocycles. The van der Waals surface area contributed by atoms with E-state index in [0.717, 1.165) is 42.6 Å². The molecule has 1 aromatic carbocycles. The van der Waals surface area contributed by atoms with Crippen LogP contribution >= 0.6 is 0 Å². The van der Waals surface area contributed by atoms with Crippen molar-refractivity contribution < 1.29 is 14.3 Å². The lowest BCUT2D eigenvalue weighted by molar-refractivity contribution is -0.120. The van der Waals surface area contributed by atoms with Crippen LogP contribution in [0.4, 0.5) is 10.5 Å². The number of hydrogen-bond acceptors (Lipinski definition) is 3. The van der Waals surface area contributed by atoms with E-state index in [1.165, 1.54) is 0 Å². The van der Waals surface area contributed by atoms with Crippen molar-refractivity contribution in [2.45, 2.75) is 64.5 Å². The molecule has 1 aliphatic carbocycles. The van der Waals surface area contributed by atoms with Crippen LogP contribution in [0.15, 0.2) is 36.0 Å². The number of allylic oxidation sites excluding steroid dienone is 2. The number of para-hydroxylation sites is 1. The molecule has 1 aliphatic heterocycles. The molecule has 3 rings (SSSR count). The van der Waals surface area contributed by atoms with Gasteiger partial charge in [-0.15, -0.1) is 0 Å². The molecule has 2 amide bonds. The Labute approximate surface area is 149 Å². The SMILES string of the molecule is CC(C)(C)OC(=O)NC1Cc2ccccc2N(C2=CCCCC2)C1=O. The summed E-state index contributed by atoms with van der Waals surface area (Å²) in [7, 11) is 0. The number of carbonyl (C=O) groups excluding carboxylic acids is 2. The number of ether oxygens (including phenoxy) is 1. The third-order valence-corrected chi connectivity index (χ3v) is 4.42. The molecule has 0 bridgehead atoms. The minimum atomic E-state index is -0.604. The van der Waals surface area contributed by atoms with E-state index in [4.69, 9.17) is 4.74 Å². The Morgan fingerprint density at radius 1 is 1.24 bits per heavy atom. The molecule has 1 unspecified atom stereocenters.